The number of thioether (sulfide) groups is 1. The highest BCUT2D eigenvalue weighted by atomic mass is 79.9. The van der Waals surface area contributed by atoms with E-state index in [0.29, 0.717) is 0 Å². The average Bonchev–Trinajstić information content (AvgIpc) is 2.30. The van der Waals surface area contributed by atoms with Crippen LogP contribution in [0.5, 0.6) is 0 Å². The Kier molecular flexibility index (Phi) is 5.22. The zero-order valence-corrected chi connectivity index (χ0v) is 12.8. The molecule has 1 nitrogen and oxygen atoms in total. The third kappa shape index (κ3) is 3.63. The van der Waals surface area contributed by atoms with Gasteiger partial charge < -0.3 is 5.73 Å². The van der Waals surface area contributed by atoms with E-state index in [1.54, 1.807) is 0 Å². The predicted molar refractivity (Wildman–Crippen MR) is 80.7 cm³/mol. The lowest BCUT2D eigenvalue weighted by Crippen LogP contribution is -2.19. The first-order chi connectivity index (χ1) is 8.18. The van der Waals surface area contributed by atoms with Gasteiger partial charge in [0.15, 0.2) is 0 Å². The Morgan fingerprint density at radius 2 is 2.12 bits per heavy atom. The van der Waals surface area contributed by atoms with E-state index >= 15 is 0 Å². The van der Waals surface area contributed by atoms with Gasteiger partial charge in [0.05, 0.1) is 0 Å². The van der Waals surface area contributed by atoms with Gasteiger partial charge in [0.25, 0.3) is 0 Å². The maximum atomic E-state index is 6.31. The average molecular weight is 335 g/mol. The lowest BCUT2D eigenvalue weighted by molar-refractivity contribution is 0.412. The number of hydrogen-bond donors (Lipinski definition) is 1. The Bertz CT molecular complexity index is 359. The Morgan fingerprint density at radius 1 is 1.41 bits per heavy atom. The largest absolute Gasteiger partial charge is 0.324 e. The lowest BCUT2D eigenvalue weighted by Gasteiger charge is -2.25. The van der Waals surface area contributed by atoms with Crippen molar-refractivity contribution in [1.29, 1.82) is 0 Å². The van der Waals surface area contributed by atoms with Crippen LogP contribution in [0.4, 0.5) is 0 Å². The number of rotatable bonds is 3. The van der Waals surface area contributed by atoms with Crippen molar-refractivity contribution in [2.45, 2.75) is 25.3 Å². The molecule has 1 saturated heterocycles. The molecule has 4 heteroatoms. The molecule has 0 saturated carbocycles. The monoisotopic (exact) mass is 333 g/mol. The third-order valence-electron chi connectivity index (χ3n) is 3.30. The van der Waals surface area contributed by atoms with Gasteiger partial charge in [-0.2, -0.15) is 11.8 Å². The maximum absolute atomic E-state index is 6.31. The van der Waals surface area contributed by atoms with Crippen LogP contribution in [0.2, 0.25) is 5.02 Å². The van der Waals surface area contributed by atoms with Crippen molar-refractivity contribution < 1.29 is 0 Å². The predicted octanol–water partition coefficient (Wildman–Crippen LogP) is 4.64. The minimum absolute atomic E-state index is 0.0474. The summed E-state index contributed by atoms with van der Waals surface area (Å²) in [4.78, 5) is 0. The zero-order chi connectivity index (χ0) is 12.3. The van der Waals surface area contributed by atoms with E-state index in [0.717, 1.165) is 27.4 Å². The van der Waals surface area contributed by atoms with Gasteiger partial charge in [0.2, 0.25) is 0 Å². The first-order valence-corrected chi connectivity index (χ1v) is 8.28. The van der Waals surface area contributed by atoms with Gasteiger partial charge in [-0.1, -0.05) is 33.6 Å². The van der Waals surface area contributed by atoms with E-state index in [4.69, 9.17) is 17.3 Å². The molecule has 1 aliphatic rings. The van der Waals surface area contributed by atoms with Crippen molar-refractivity contribution in [2.24, 2.45) is 11.7 Å². The summed E-state index contributed by atoms with van der Waals surface area (Å²) < 4.78 is 1.03. The topological polar surface area (TPSA) is 26.0 Å². The number of halogens is 2. The van der Waals surface area contributed by atoms with E-state index in [9.17, 15) is 0 Å². The summed E-state index contributed by atoms with van der Waals surface area (Å²) in [6, 6.07) is 5.92. The van der Waals surface area contributed by atoms with Crippen LogP contribution in [0, 0.1) is 5.92 Å². The molecule has 2 rings (SSSR count). The van der Waals surface area contributed by atoms with Crippen molar-refractivity contribution in [3.8, 4) is 0 Å². The van der Waals surface area contributed by atoms with Gasteiger partial charge in [0, 0.05) is 21.1 Å². The second-order valence-electron chi connectivity index (χ2n) is 4.53. The van der Waals surface area contributed by atoms with Gasteiger partial charge in [0.1, 0.15) is 0 Å². The summed E-state index contributed by atoms with van der Waals surface area (Å²) >= 11 is 11.8. The number of benzene rings is 1. The van der Waals surface area contributed by atoms with Gasteiger partial charge in [-0.3, -0.25) is 0 Å². The van der Waals surface area contributed by atoms with Gasteiger partial charge >= 0.3 is 0 Å². The molecule has 2 N–H and O–H groups in total. The quantitative estimate of drug-likeness (QED) is 0.871. The molecular formula is C13H17BrClNS. The second-order valence-corrected chi connectivity index (χ2v) is 7.02. The molecule has 0 radical (unpaired) electrons. The highest BCUT2D eigenvalue weighted by Gasteiger charge is 2.20. The Morgan fingerprint density at radius 3 is 2.76 bits per heavy atom. The fourth-order valence-electron chi connectivity index (χ4n) is 2.32. The molecule has 0 bridgehead atoms. The maximum Gasteiger partial charge on any atom is 0.0465 e. The summed E-state index contributed by atoms with van der Waals surface area (Å²) in [5.41, 5.74) is 7.37. The zero-order valence-electron chi connectivity index (χ0n) is 9.66. The van der Waals surface area contributed by atoms with Gasteiger partial charge in [-0.15, -0.1) is 0 Å². The molecule has 0 aromatic heterocycles. The van der Waals surface area contributed by atoms with E-state index in [2.05, 4.69) is 27.7 Å². The molecule has 17 heavy (non-hydrogen) atoms. The van der Waals surface area contributed by atoms with E-state index in [-0.39, 0.29) is 6.04 Å². The molecule has 1 aromatic carbocycles. The molecule has 0 amide bonds. The van der Waals surface area contributed by atoms with Crippen LogP contribution in [0.15, 0.2) is 22.7 Å². The highest BCUT2D eigenvalue weighted by Crippen LogP contribution is 2.35. The summed E-state index contributed by atoms with van der Waals surface area (Å²) in [6.07, 6.45) is 3.63. The normalized spacial score (nSPS) is 19.2. The van der Waals surface area contributed by atoms with Gasteiger partial charge in [-0.05, 0) is 48.8 Å². The molecular weight excluding hydrogens is 318 g/mol. The lowest BCUT2D eigenvalue weighted by atomic mass is 9.91. The number of nitrogens with two attached hydrogens (primary N) is 1. The Hall–Kier alpha value is 0.300. The SMILES string of the molecule is NC(CC1CCSCC1)c1c(Cl)cccc1Br. The minimum atomic E-state index is 0.0474. The van der Waals surface area contributed by atoms with Crippen LogP contribution < -0.4 is 5.73 Å². The summed E-state index contributed by atoms with van der Waals surface area (Å²) in [7, 11) is 0. The van der Waals surface area contributed by atoms with Crippen LogP contribution in [0.1, 0.15) is 30.9 Å². The number of hydrogen-bond acceptors (Lipinski definition) is 2. The smallest absolute Gasteiger partial charge is 0.0465 e. The van der Waals surface area contributed by atoms with E-state index in [1.807, 2.05) is 18.2 Å². The first-order valence-electron chi connectivity index (χ1n) is 5.95. The van der Waals surface area contributed by atoms with Crippen LogP contribution in [-0.4, -0.2) is 11.5 Å². The van der Waals surface area contributed by atoms with Crippen molar-refractivity contribution in [2.75, 3.05) is 11.5 Å². The Labute approximate surface area is 121 Å². The molecule has 94 valence electrons. The molecule has 1 aliphatic heterocycles. The van der Waals surface area contributed by atoms with Crippen LogP contribution in [0.3, 0.4) is 0 Å². The van der Waals surface area contributed by atoms with Crippen LogP contribution >= 0.6 is 39.3 Å². The first kappa shape index (κ1) is 13.7. The third-order valence-corrected chi connectivity index (χ3v) is 5.37. The highest BCUT2D eigenvalue weighted by molar-refractivity contribution is 9.10. The van der Waals surface area contributed by atoms with Crippen molar-refractivity contribution in [3.63, 3.8) is 0 Å². The second kappa shape index (κ2) is 6.46. The molecule has 1 fully saturated rings. The van der Waals surface area contributed by atoms with E-state index in [1.165, 1.54) is 24.3 Å². The van der Waals surface area contributed by atoms with Crippen molar-refractivity contribution in [3.05, 3.63) is 33.3 Å². The van der Waals surface area contributed by atoms with Crippen LogP contribution in [0.25, 0.3) is 0 Å². The summed E-state index contributed by atoms with van der Waals surface area (Å²) in [6.45, 7) is 0. The van der Waals surface area contributed by atoms with E-state index < -0.39 is 0 Å². The fourth-order valence-corrected chi connectivity index (χ4v) is 4.62. The molecule has 1 atom stereocenters. The fraction of sp³-hybridized carbons (Fsp3) is 0.538. The molecule has 0 aliphatic carbocycles. The molecule has 1 aromatic rings. The molecule has 0 spiro atoms. The van der Waals surface area contributed by atoms with Crippen molar-refractivity contribution >= 4 is 39.3 Å². The van der Waals surface area contributed by atoms with Crippen LogP contribution in [-0.2, 0) is 0 Å². The summed E-state index contributed by atoms with van der Waals surface area (Å²) in [5.74, 6) is 3.32. The summed E-state index contributed by atoms with van der Waals surface area (Å²) in [5, 5.41) is 0.775. The molecule has 1 heterocycles. The minimum Gasteiger partial charge on any atom is -0.324 e. The molecule has 1 unspecified atom stereocenters. The standard InChI is InChI=1S/C13H17BrClNS/c14-10-2-1-3-11(15)13(10)12(16)8-9-4-6-17-7-5-9/h1-3,9,12H,4-8,16H2. The van der Waals surface area contributed by atoms with Crippen molar-refractivity contribution in [1.82, 2.24) is 0 Å². The van der Waals surface area contributed by atoms with Gasteiger partial charge in [-0.25, -0.2) is 0 Å². The Balaban J connectivity index is 2.05.